The maximum absolute atomic E-state index is 11.8. The number of aryl methyl sites for hydroxylation is 2. The van der Waals surface area contributed by atoms with Crippen LogP contribution in [-0.4, -0.2) is 41.5 Å². The van der Waals surface area contributed by atoms with Gasteiger partial charge in [0.25, 0.3) is 0 Å². The van der Waals surface area contributed by atoms with Gasteiger partial charge in [0.05, 0.1) is 13.2 Å². The average molecular weight is 224 g/mol. The van der Waals surface area contributed by atoms with Gasteiger partial charge < -0.3 is 15.4 Å². The Morgan fingerprint density at radius 3 is 3.12 bits per heavy atom. The highest BCUT2D eigenvalue weighted by Crippen LogP contribution is 2.07. The molecule has 0 saturated carbocycles. The van der Waals surface area contributed by atoms with Gasteiger partial charge in [-0.25, -0.2) is 0 Å². The molecule has 1 atom stereocenters. The van der Waals surface area contributed by atoms with Crippen LogP contribution in [0.3, 0.4) is 0 Å². The van der Waals surface area contributed by atoms with Crippen LogP contribution in [0, 0.1) is 6.92 Å². The molecule has 1 aliphatic rings. The van der Waals surface area contributed by atoms with Crippen molar-refractivity contribution in [3.05, 3.63) is 11.8 Å². The van der Waals surface area contributed by atoms with Crippen molar-refractivity contribution in [2.75, 3.05) is 25.1 Å². The van der Waals surface area contributed by atoms with E-state index in [0.29, 0.717) is 25.6 Å². The number of hydrogen-bond acceptors (Lipinski definition) is 4. The van der Waals surface area contributed by atoms with Gasteiger partial charge in [-0.05, 0) is 6.92 Å². The molecule has 1 unspecified atom stereocenters. The molecule has 0 radical (unpaired) electrons. The van der Waals surface area contributed by atoms with Crippen molar-refractivity contribution in [3.8, 4) is 0 Å². The first kappa shape index (κ1) is 11.1. The standard InChI is InChI=1S/C10H16N4O2/c1-7-5-9(13-14(7)2)12-10(15)8-6-16-4-3-11-8/h5,8,11H,3-4,6H2,1-2H3,(H,12,13,15). The lowest BCUT2D eigenvalue weighted by Crippen LogP contribution is -2.48. The highest BCUT2D eigenvalue weighted by Gasteiger charge is 2.21. The molecule has 2 heterocycles. The molecule has 2 rings (SSSR count). The van der Waals surface area contributed by atoms with Gasteiger partial charge in [0.1, 0.15) is 6.04 Å². The van der Waals surface area contributed by atoms with Crippen LogP contribution in [0.2, 0.25) is 0 Å². The van der Waals surface area contributed by atoms with E-state index in [1.54, 1.807) is 4.68 Å². The Labute approximate surface area is 94.0 Å². The van der Waals surface area contributed by atoms with Crippen LogP contribution in [0.4, 0.5) is 5.82 Å². The predicted molar refractivity (Wildman–Crippen MR) is 59.2 cm³/mol. The molecule has 6 nitrogen and oxygen atoms in total. The molecule has 1 aromatic heterocycles. The fraction of sp³-hybridized carbons (Fsp3) is 0.600. The lowest BCUT2D eigenvalue weighted by atomic mass is 10.2. The summed E-state index contributed by atoms with van der Waals surface area (Å²) in [6.07, 6.45) is 0. The second kappa shape index (κ2) is 4.63. The van der Waals surface area contributed by atoms with E-state index in [-0.39, 0.29) is 11.9 Å². The number of anilines is 1. The van der Waals surface area contributed by atoms with Crippen LogP contribution in [0.5, 0.6) is 0 Å². The summed E-state index contributed by atoms with van der Waals surface area (Å²) in [4.78, 5) is 11.8. The van der Waals surface area contributed by atoms with Gasteiger partial charge in [-0.3, -0.25) is 9.48 Å². The largest absolute Gasteiger partial charge is 0.378 e. The molecule has 0 aromatic carbocycles. The summed E-state index contributed by atoms with van der Waals surface area (Å²) in [6, 6.07) is 1.55. The molecule has 1 fully saturated rings. The van der Waals surface area contributed by atoms with Crippen molar-refractivity contribution in [3.63, 3.8) is 0 Å². The van der Waals surface area contributed by atoms with E-state index in [1.165, 1.54) is 0 Å². The van der Waals surface area contributed by atoms with Crippen molar-refractivity contribution in [1.82, 2.24) is 15.1 Å². The van der Waals surface area contributed by atoms with Gasteiger partial charge in [-0.2, -0.15) is 5.10 Å². The van der Waals surface area contributed by atoms with Crippen molar-refractivity contribution in [2.45, 2.75) is 13.0 Å². The van der Waals surface area contributed by atoms with E-state index in [4.69, 9.17) is 4.74 Å². The minimum Gasteiger partial charge on any atom is -0.378 e. The average Bonchev–Trinajstić information content (AvgIpc) is 2.59. The number of amides is 1. The van der Waals surface area contributed by atoms with Gasteiger partial charge in [0, 0.05) is 25.4 Å². The van der Waals surface area contributed by atoms with Crippen molar-refractivity contribution in [2.24, 2.45) is 7.05 Å². The van der Waals surface area contributed by atoms with E-state index >= 15 is 0 Å². The summed E-state index contributed by atoms with van der Waals surface area (Å²) in [5, 5.41) is 10.0. The van der Waals surface area contributed by atoms with Gasteiger partial charge in [-0.1, -0.05) is 0 Å². The van der Waals surface area contributed by atoms with E-state index in [1.807, 2.05) is 20.0 Å². The number of morpholine rings is 1. The fourth-order valence-corrected chi connectivity index (χ4v) is 1.57. The molecule has 1 aliphatic heterocycles. The zero-order chi connectivity index (χ0) is 11.5. The van der Waals surface area contributed by atoms with Gasteiger partial charge in [-0.15, -0.1) is 0 Å². The van der Waals surface area contributed by atoms with Gasteiger partial charge in [0.15, 0.2) is 5.82 Å². The lowest BCUT2D eigenvalue weighted by molar-refractivity contribution is -0.120. The Kier molecular flexibility index (Phi) is 3.21. The minimum atomic E-state index is -0.281. The van der Waals surface area contributed by atoms with Crippen LogP contribution in [-0.2, 0) is 16.6 Å². The SMILES string of the molecule is Cc1cc(NC(=O)C2COCCN2)nn1C. The number of nitrogens with zero attached hydrogens (tertiary/aromatic N) is 2. The number of nitrogens with one attached hydrogen (secondary N) is 2. The summed E-state index contributed by atoms with van der Waals surface area (Å²) in [7, 11) is 1.84. The molecule has 16 heavy (non-hydrogen) atoms. The lowest BCUT2D eigenvalue weighted by Gasteiger charge is -2.22. The van der Waals surface area contributed by atoms with Crippen molar-refractivity contribution >= 4 is 11.7 Å². The first-order valence-corrected chi connectivity index (χ1v) is 5.29. The molecule has 1 saturated heterocycles. The molecular formula is C10H16N4O2. The second-order valence-electron chi connectivity index (χ2n) is 3.87. The van der Waals surface area contributed by atoms with E-state index in [0.717, 1.165) is 5.69 Å². The summed E-state index contributed by atoms with van der Waals surface area (Å²) < 4.78 is 6.94. The van der Waals surface area contributed by atoms with Crippen LogP contribution in [0.25, 0.3) is 0 Å². The maximum Gasteiger partial charge on any atom is 0.245 e. The van der Waals surface area contributed by atoms with E-state index < -0.39 is 0 Å². The third-order valence-corrected chi connectivity index (χ3v) is 2.60. The van der Waals surface area contributed by atoms with E-state index in [9.17, 15) is 4.79 Å². The first-order chi connectivity index (χ1) is 7.66. The molecule has 0 spiro atoms. The Morgan fingerprint density at radius 1 is 1.75 bits per heavy atom. The molecule has 88 valence electrons. The Hall–Kier alpha value is -1.40. The normalized spacial score (nSPS) is 20.8. The van der Waals surface area contributed by atoms with Gasteiger partial charge in [0.2, 0.25) is 5.91 Å². The zero-order valence-corrected chi connectivity index (χ0v) is 9.49. The van der Waals surface area contributed by atoms with Crippen molar-refractivity contribution < 1.29 is 9.53 Å². The van der Waals surface area contributed by atoms with Crippen molar-refractivity contribution in [1.29, 1.82) is 0 Å². The summed E-state index contributed by atoms with van der Waals surface area (Å²) >= 11 is 0. The highest BCUT2D eigenvalue weighted by atomic mass is 16.5. The monoisotopic (exact) mass is 224 g/mol. The Bertz CT molecular complexity index is 363. The number of hydrogen-bond donors (Lipinski definition) is 2. The molecule has 0 bridgehead atoms. The molecule has 0 aliphatic carbocycles. The summed E-state index contributed by atoms with van der Waals surface area (Å²) in [5.41, 5.74) is 1.00. The van der Waals surface area contributed by atoms with Crippen LogP contribution >= 0.6 is 0 Å². The Morgan fingerprint density at radius 2 is 2.56 bits per heavy atom. The summed E-state index contributed by atoms with van der Waals surface area (Å²) in [6.45, 7) is 3.72. The number of ether oxygens (including phenoxy) is 1. The fourth-order valence-electron chi connectivity index (χ4n) is 1.57. The second-order valence-corrected chi connectivity index (χ2v) is 3.87. The summed E-state index contributed by atoms with van der Waals surface area (Å²) in [5.74, 6) is 0.482. The molecule has 6 heteroatoms. The smallest absolute Gasteiger partial charge is 0.245 e. The molecule has 1 amide bonds. The number of aromatic nitrogens is 2. The highest BCUT2D eigenvalue weighted by molar-refractivity contribution is 5.94. The number of carbonyl (C=O) groups excluding carboxylic acids is 1. The predicted octanol–water partition coefficient (Wildman–Crippen LogP) is -0.345. The minimum absolute atomic E-state index is 0.0993. The number of carbonyl (C=O) groups is 1. The number of rotatable bonds is 2. The zero-order valence-electron chi connectivity index (χ0n) is 9.49. The third-order valence-electron chi connectivity index (χ3n) is 2.60. The van der Waals surface area contributed by atoms with Gasteiger partial charge >= 0.3 is 0 Å². The maximum atomic E-state index is 11.8. The van der Waals surface area contributed by atoms with Crippen LogP contribution in [0.1, 0.15) is 5.69 Å². The quantitative estimate of drug-likeness (QED) is 0.721. The van der Waals surface area contributed by atoms with Crippen LogP contribution < -0.4 is 10.6 Å². The van der Waals surface area contributed by atoms with E-state index in [2.05, 4.69) is 15.7 Å². The topological polar surface area (TPSA) is 68.2 Å². The molecule has 2 N–H and O–H groups in total. The first-order valence-electron chi connectivity index (χ1n) is 5.29. The molecular weight excluding hydrogens is 208 g/mol. The van der Waals surface area contributed by atoms with Crippen LogP contribution in [0.15, 0.2) is 6.07 Å². The molecule has 1 aromatic rings. The Balaban J connectivity index is 1.95. The third kappa shape index (κ3) is 2.40.